The first-order valence-corrected chi connectivity index (χ1v) is 7.75. The largest absolute Gasteiger partial charge is 0.353 e. The molecule has 1 rings (SSSR count). The summed E-state index contributed by atoms with van der Waals surface area (Å²) in [4.78, 5) is 11.8. The lowest BCUT2D eigenvalue weighted by Crippen LogP contribution is -2.38. The number of hydrogen-bond donors (Lipinski definition) is 2. The zero-order valence-electron chi connectivity index (χ0n) is 11.9. The van der Waals surface area contributed by atoms with E-state index in [0.29, 0.717) is 12.5 Å². The molecule has 106 valence electrons. The third kappa shape index (κ3) is 6.39. The van der Waals surface area contributed by atoms with E-state index in [9.17, 15) is 4.79 Å². The highest BCUT2D eigenvalue weighted by atomic mass is 16.1. The molecular weight excluding hydrogens is 224 g/mol. The first-order chi connectivity index (χ1) is 8.76. The lowest BCUT2D eigenvalue weighted by molar-refractivity contribution is -0.122. The minimum atomic E-state index is 0.254. The van der Waals surface area contributed by atoms with Crippen LogP contribution >= 0.6 is 0 Å². The fourth-order valence-corrected chi connectivity index (χ4v) is 2.88. The van der Waals surface area contributed by atoms with Crippen LogP contribution in [0.5, 0.6) is 0 Å². The van der Waals surface area contributed by atoms with Crippen LogP contribution in [0.2, 0.25) is 0 Å². The Labute approximate surface area is 112 Å². The molecule has 3 heteroatoms. The number of hydrogen-bond acceptors (Lipinski definition) is 2. The van der Waals surface area contributed by atoms with Gasteiger partial charge in [0, 0.05) is 12.5 Å². The average Bonchev–Trinajstić information content (AvgIpc) is 2.38. The van der Waals surface area contributed by atoms with Crippen LogP contribution in [0.25, 0.3) is 0 Å². The smallest absolute Gasteiger partial charge is 0.220 e. The molecule has 2 atom stereocenters. The van der Waals surface area contributed by atoms with Gasteiger partial charge in [-0.15, -0.1) is 0 Å². The van der Waals surface area contributed by atoms with Gasteiger partial charge in [0.25, 0.3) is 0 Å². The van der Waals surface area contributed by atoms with Gasteiger partial charge in [-0.25, -0.2) is 0 Å². The van der Waals surface area contributed by atoms with E-state index in [4.69, 9.17) is 5.73 Å². The SMILES string of the molecule is CCC1CCCC(NC(=O)CCCCCCN)C1. The van der Waals surface area contributed by atoms with Crippen molar-refractivity contribution in [2.75, 3.05) is 6.54 Å². The number of nitrogens with one attached hydrogen (secondary N) is 1. The van der Waals surface area contributed by atoms with Crippen LogP contribution in [-0.4, -0.2) is 18.5 Å². The molecule has 0 heterocycles. The lowest BCUT2D eigenvalue weighted by Gasteiger charge is -2.29. The number of amides is 1. The number of unbranched alkanes of at least 4 members (excludes halogenated alkanes) is 3. The van der Waals surface area contributed by atoms with Crippen LogP contribution in [0.3, 0.4) is 0 Å². The second-order valence-corrected chi connectivity index (χ2v) is 5.66. The lowest BCUT2D eigenvalue weighted by atomic mass is 9.84. The van der Waals surface area contributed by atoms with Gasteiger partial charge < -0.3 is 11.1 Å². The van der Waals surface area contributed by atoms with Crippen molar-refractivity contribution in [3.8, 4) is 0 Å². The molecule has 0 spiro atoms. The first-order valence-electron chi connectivity index (χ1n) is 7.75. The standard InChI is InChI=1S/C15H30N2O/c1-2-13-8-7-9-14(12-13)17-15(18)10-5-3-4-6-11-16/h13-14H,2-12,16H2,1H3,(H,17,18). The highest BCUT2D eigenvalue weighted by Crippen LogP contribution is 2.26. The van der Waals surface area contributed by atoms with E-state index < -0.39 is 0 Å². The van der Waals surface area contributed by atoms with Gasteiger partial charge in [0.1, 0.15) is 0 Å². The molecular formula is C15H30N2O. The van der Waals surface area contributed by atoms with Gasteiger partial charge in [0.15, 0.2) is 0 Å². The van der Waals surface area contributed by atoms with Crippen LogP contribution in [0.15, 0.2) is 0 Å². The van der Waals surface area contributed by atoms with Crippen LogP contribution in [0.4, 0.5) is 0 Å². The average molecular weight is 254 g/mol. The molecule has 1 aliphatic rings. The van der Waals surface area contributed by atoms with E-state index in [2.05, 4.69) is 12.2 Å². The summed E-state index contributed by atoms with van der Waals surface area (Å²) >= 11 is 0. The van der Waals surface area contributed by atoms with E-state index in [1.165, 1.54) is 32.1 Å². The summed E-state index contributed by atoms with van der Waals surface area (Å²) < 4.78 is 0. The molecule has 2 unspecified atom stereocenters. The summed E-state index contributed by atoms with van der Waals surface area (Å²) in [6.45, 7) is 3.03. The minimum absolute atomic E-state index is 0.254. The molecule has 1 amide bonds. The fraction of sp³-hybridized carbons (Fsp3) is 0.933. The Bertz CT molecular complexity index is 231. The maximum Gasteiger partial charge on any atom is 0.220 e. The van der Waals surface area contributed by atoms with Gasteiger partial charge >= 0.3 is 0 Å². The molecule has 18 heavy (non-hydrogen) atoms. The Morgan fingerprint density at radius 2 is 2.00 bits per heavy atom. The van der Waals surface area contributed by atoms with Crippen molar-refractivity contribution in [2.24, 2.45) is 11.7 Å². The highest BCUT2D eigenvalue weighted by Gasteiger charge is 2.21. The fourth-order valence-electron chi connectivity index (χ4n) is 2.88. The zero-order valence-corrected chi connectivity index (χ0v) is 11.9. The summed E-state index contributed by atoms with van der Waals surface area (Å²) in [5.74, 6) is 1.08. The molecule has 0 saturated heterocycles. The van der Waals surface area contributed by atoms with E-state index in [0.717, 1.165) is 38.1 Å². The summed E-state index contributed by atoms with van der Waals surface area (Å²) in [7, 11) is 0. The molecule has 3 nitrogen and oxygen atoms in total. The molecule has 0 aromatic carbocycles. The Balaban J connectivity index is 2.08. The Morgan fingerprint density at radius 3 is 2.72 bits per heavy atom. The number of nitrogens with two attached hydrogens (primary N) is 1. The molecule has 1 saturated carbocycles. The highest BCUT2D eigenvalue weighted by molar-refractivity contribution is 5.76. The second-order valence-electron chi connectivity index (χ2n) is 5.66. The topological polar surface area (TPSA) is 55.1 Å². The van der Waals surface area contributed by atoms with Gasteiger partial charge in [-0.05, 0) is 38.1 Å². The molecule has 0 radical (unpaired) electrons. The summed E-state index contributed by atoms with van der Waals surface area (Å²) in [5.41, 5.74) is 5.44. The zero-order chi connectivity index (χ0) is 13.2. The predicted octanol–water partition coefficient (Wildman–Crippen LogP) is 2.98. The third-order valence-electron chi connectivity index (χ3n) is 4.08. The van der Waals surface area contributed by atoms with Crippen LogP contribution < -0.4 is 11.1 Å². The van der Waals surface area contributed by atoms with Crippen molar-refractivity contribution < 1.29 is 4.79 Å². The molecule has 0 bridgehead atoms. The molecule has 1 fully saturated rings. The summed E-state index contributed by atoms with van der Waals surface area (Å²) in [5, 5.41) is 3.21. The second kappa shape index (κ2) is 9.37. The normalized spacial score (nSPS) is 23.9. The van der Waals surface area contributed by atoms with Crippen molar-refractivity contribution in [3.63, 3.8) is 0 Å². The van der Waals surface area contributed by atoms with Crippen molar-refractivity contribution in [1.82, 2.24) is 5.32 Å². The molecule has 1 aliphatic carbocycles. The van der Waals surface area contributed by atoms with Gasteiger partial charge in [0.2, 0.25) is 5.91 Å². The molecule has 0 aromatic rings. The van der Waals surface area contributed by atoms with Crippen molar-refractivity contribution in [2.45, 2.75) is 77.2 Å². The van der Waals surface area contributed by atoms with E-state index >= 15 is 0 Å². The number of carbonyl (C=O) groups excluding carboxylic acids is 1. The Morgan fingerprint density at radius 1 is 1.22 bits per heavy atom. The van der Waals surface area contributed by atoms with Crippen molar-refractivity contribution >= 4 is 5.91 Å². The van der Waals surface area contributed by atoms with E-state index in [-0.39, 0.29) is 5.91 Å². The Hall–Kier alpha value is -0.570. The van der Waals surface area contributed by atoms with Gasteiger partial charge in [-0.2, -0.15) is 0 Å². The van der Waals surface area contributed by atoms with Gasteiger partial charge in [0.05, 0.1) is 0 Å². The van der Waals surface area contributed by atoms with Crippen molar-refractivity contribution in [1.29, 1.82) is 0 Å². The number of rotatable bonds is 8. The van der Waals surface area contributed by atoms with Crippen LogP contribution in [0, 0.1) is 5.92 Å². The quantitative estimate of drug-likeness (QED) is 0.654. The summed E-state index contributed by atoms with van der Waals surface area (Å²) in [6, 6.07) is 0.445. The summed E-state index contributed by atoms with van der Waals surface area (Å²) in [6.07, 6.45) is 11.3. The first kappa shape index (κ1) is 15.5. The van der Waals surface area contributed by atoms with Crippen molar-refractivity contribution in [3.05, 3.63) is 0 Å². The van der Waals surface area contributed by atoms with Gasteiger partial charge in [-0.1, -0.05) is 39.0 Å². The molecule has 0 aromatic heterocycles. The monoisotopic (exact) mass is 254 g/mol. The van der Waals surface area contributed by atoms with E-state index in [1.807, 2.05) is 0 Å². The van der Waals surface area contributed by atoms with E-state index in [1.54, 1.807) is 0 Å². The number of carbonyl (C=O) groups is 1. The Kier molecular flexibility index (Phi) is 8.06. The van der Waals surface area contributed by atoms with Crippen LogP contribution in [0.1, 0.15) is 71.1 Å². The van der Waals surface area contributed by atoms with Gasteiger partial charge in [-0.3, -0.25) is 4.79 Å². The molecule has 3 N–H and O–H groups in total. The predicted molar refractivity (Wildman–Crippen MR) is 76.3 cm³/mol. The maximum absolute atomic E-state index is 11.8. The minimum Gasteiger partial charge on any atom is -0.353 e. The third-order valence-corrected chi connectivity index (χ3v) is 4.08. The molecule has 0 aliphatic heterocycles. The maximum atomic E-state index is 11.8. The van der Waals surface area contributed by atoms with Crippen LogP contribution in [-0.2, 0) is 4.79 Å².